The van der Waals surface area contributed by atoms with E-state index in [1.807, 2.05) is 6.92 Å². The molecule has 0 bridgehead atoms. The summed E-state index contributed by atoms with van der Waals surface area (Å²) in [4.78, 5) is 12.0. The van der Waals surface area contributed by atoms with Crippen molar-refractivity contribution in [1.82, 2.24) is 0 Å². The number of alkyl halides is 3. The van der Waals surface area contributed by atoms with E-state index in [0.29, 0.717) is 25.7 Å². The highest BCUT2D eigenvalue weighted by Gasteiger charge is 2.38. The third-order valence-electron chi connectivity index (χ3n) is 4.56. The minimum atomic E-state index is -4.46. The van der Waals surface area contributed by atoms with Gasteiger partial charge < -0.3 is 14.9 Å². The standard InChI is InChI=1S/C19H21F3O4/c1-17(26-13-12-23)8-10-18(25,11-9-17)7-6-16(24)14-2-4-15(5-3-14)19(20,21)22/h2-5,23,25H,8-13H2,1H3. The van der Waals surface area contributed by atoms with Crippen LogP contribution in [0.1, 0.15) is 48.5 Å². The molecule has 1 fully saturated rings. The van der Waals surface area contributed by atoms with Crippen LogP contribution in [-0.2, 0) is 10.9 Å². The fourth-order valence-corrected chi connectivity index (χ4v) is 2.81. The molecular weight excluding hydrogens is 349 g/mol. The van der Waals surface area contributed by atoms with Gasteiger partial charge in [0.05, 0.1) is 24.4 Å². The van der Waals surface area contributed by atoms with E-state index >= 15 is 0 Å². The Kier molecular flexibility index (Phi) is 6.12. The summed E-state index contributed by atoms with van der Waals surface area (Å²) in [5.74, 6) is 4.26. The summed E-state index contributed by atoms with van der Waals surface area (Å²) in [7, 11) is 0. The van der Waals surface area contributed by atoms with E-state index < -0.39 is 28.7 Å². The van der Waals surface area contributed by atoms with Gasteiger partial charge in [-0.25, -0.2) is 0 Å². The first kappa shape index (κ1) is 20.4. The highest BCUT2D eigenvalue weighted by Crippen LogP contribution is 2.36. The third kappa shape index (κ3) is 5.31. The Bertz CT molecular complexity index is 690. The summed E-state index contributed by atoms with van der Waals surface area (Å²) in [6.45, 7) is 2.03. The maximum atomic E-state index is 12.5. The second-order valence-corrected chi connectivity index (χ2v) is 6.71. The lowest BCUT2D eigenvalue weighted by Gasteiger charge is -2.39. The minimum absolute atomic E-state index is 0.0426. The number of carbonyl (C=O) groups excluding carboxylic acids is 1. The Balaban J connectivity index is 2.01. The first-order valence-electron chi connectivity index (χ1n) is 8.29. The van der Waals surface area contributed by atoms with Crippen LogP contribution >= 0.6 is 0 Å². The summed E-state index contributed by atoms with van der Waals surface area (Å²) in [5, 5.41) is 19.3. The Morgan fingerprint density at radius 3 is 2.27 bits per heavy atom. The molecule has 1 saturated carbocycles. The number of ketones is 1. The smallest absolute Gasteiger partial charge is 0.394 e. The predicted octanol–water partition coefficient (Wildman–Crippen LogP) is 2.96. The molecule has 1 aromatic carbocycles. The van der Waals surface area contributed by atoms with Crippen molar-refractivity contribution in [3.8, 4) is 11.8 Å². The topological polar surface area (TPSA) is 66.8 Å². The summed E-state index contributed by atoms with van der Waals surface area (Å²) in [6.07, 6.45) is -2.81. The zero-order chi connectivity index (χ0) is 19.4. The lowest BCUT2D eigenvalue weighted by atomic mass is 9.77. The summed E-state index contributed by atoms with van der Waals surface area (Å²) in [6, 6.07) is 3.80. The number of aliphatic hydroxyl groups is 2. The van der Waals surface area contributed by atoms with Crippen molar-refractivity contribution in [3.05, 3.63) is 35.4 Å². The van der Waals surface area contributed by atoms with Gasteiger partial charge in [-0.2, -0.15) is 13.2 Å². The van der Waals surface area contributed by atoms with Crippen LogP contribution in [0.4, 0.5) is 13.2 Å². The summed E-state index contributed by atoms with van der Waals surface area (Å²) < 4.78 is 43.2. The Labute approximate surface area is 150 Å². The number of carbonyl (C=O) groups is 1. The van der Waals surface area contributed by atoms with Gasteiger partial charge in [0.25, 0.3) is 0 Å². The van der Waals surface area contributed by atoms with Gasteiger partial charge in [0.2, 0.25) is 5.78 Å². The van der Waals surface area contributed by atoms with Crippen molar-refractivity contribution in [2.75, 3.05) is 13.2 Å². The van der Waals surface area contributed by atoms with E-state index in [0.717, 1.165) is 24.3 Å². The van der Waals surface area contributed by atoms with Crippen molar-refractivity contribution in [3.63, 3.8) is 0 Å². The van der Waals surface area contributed by atoms with Crippen LogP contribution in [0.25, 0.3) is 0 Å². The lowest BCUT2D eigenvalue weighted by molar-refractivity contribution is -0.137. The van der Waals surface area contributed by atoms with Crippen molar-refractivity contribution < 1.29 is 32.9 Å². The zero-order valence-electron chi connectivity index (χ0n) is 14.4. The minimum Gasteiger partial charge on any atom is -0.394 e. The number of benzene rings is 1. The monoisotopic (exact) mass is 370 g/mol. The van der Waals surface area contributed by atoms with Gasteiger partial charge in [-0.3, -0.25) is 4.79 Å². The molecule has 0 saturated heterocycles. The number of rotatable bonds is 4. The molecule has 0 heterocycles. The van der Waals surface area contributed by atoms with E-state index in [2.05, 4.69) is 11.8 Å². The number of Topliss-reactive ketones (excluding diaryl/α,β-unsaturated/α-hetero) is 1. The molecule has 2 N–H and O–H groups in total. The van der Waals surface area contributed by atoms with Crippen molar-refractivity contribution >= 4 is 5.78 Å². The van der Waals surface area contributed by atoms with Gasteiger partial charge >= 0.3 is 6.18 Å². The van der Waals surface area contributed by atoms with Crippen molar-refractivity contribution in [2.24, 2.45) is 0 Å². The molecule has 142 valence electrons. The quantitative estimate of drug-likeness (QED) is 0.486. The highest BCUT2D eigenvalue weighted by atomic mass is 19.4. The van der Waals surface area contributed by atoms with E-state index in [1.54, 1.807) is 0 Å². The third-order valence-corrected chi connectivity index (χ3v) is 4.56. The second-order valence-electron chi connectivity index (χ2n) is 6.71. The summed E-state index contributed by atoms with van der Waals surface area (Å²) >= 11 is 0. The SMILES string of the molecule is CC1(OCCO)CCC(O)(C#CC(=O)c2ccc(C(F)(F)F)cc2)CC1. The van der Waals surface area contributed by atoms with E-state index in [9.17, 15) is 23.1 Å². The molecule has 4 nitrogen and oxygen atoms in total. The highest BCUT2D eigenvalue weighted by molar-refractivity contribution is 6.09. The van der Waals surface area contributed by atoms with Crippen molar-refractivity contribution in [2.45, 2.75) is 50.0 Å². The molecule has 1 aliphatic carbocycles. The van der Waals surface area contributed by atoms with E-state index in [4.69, 9.17) is 9.84 Å². The van der Waals surface area contributed by atoms with Crippen molar-refractivity contribution in [1.29, 1.82) is 0 Å². The number of hydrogen-bond acceptors (Lipinski definition) is 4. The Morgan fingerprint density at radius 2 is 1.77 bits per heavy atom. The molecule has 0 aromatic heterocycles. The molecule has 1 aromatic rings. The van der Waals surface area contributed by atoms with Crippen LogP contribution < -0.4 is 0 Å². The number of ether oxygens (including phenoxy) is 1. The number of halogens is 3. The van der Waals surface area contributed by atoms with E-state index in [1.165, 1.54) is 0 Å². The maximum absolute atomic E-state index is 12.5. The average Bonchev–Trinajstić information content (AvgIpc) is 2.61. The van der Waals surface area contributed by atoms with Crippen LogP contribution in [0.5, 0.6) is 0 Å². The molecule has 0 atom stereocenters. The second kappa shape index (κ2) is 7.78. The first-order chi connectivity index (χ1) is 12.1. The molecule has 1 aliphatic rings. The predicted molar refractivity (Wildman–Crippen MR) is 88.4 cm³/mol. The Hall–Kier alpha value is -1.88. The lowest BCUT2D eigenvalue weighted by Crippen LogP contribution is -2.42. The molecule has 0 spiro atoms. The van der Waals surface area contributed by atoms with Crippen LogP contribution in [0, 0.1) is 11.8 Å². The molecule has 7 heteroatoms. The Morgan fingerprint density at radius 1 is 1.19 bits per heavy atom. The molecule has 0 aliphatic heterocycles. The molecule has 0 radical (unpaired) electrons. The van der Waals surface area contributed by atoms with Gasteiger partial charge in [-0.15, -0.1) is 0 Å². The fourth-order valence-electron chi connectivity index (χ4n) is 2.81. The van der Waals surface area contributed by atoms with Gasteiger partial charge in [-0.1, -0.05) is 5.92 Å². The zero-order valence-corrected chi connectivity index (χ0v) is 14.4. The number of aliphatic hydroxyl groups excluding tert-OH is 1. The molecule has 26 heavy (non-hydrogen) atoms. The molecule has 2 rings (SSSR count). The van der Waals surface area contributed by atoms with Crippen LogP contribution in [0.2, 0.25) is 0 Å². The maximum Gasteiger partial charge on any atom is 0.416 e. The first-order valence-corrected chi connectivity index (χ1v) is 8.29. The van der Waals surface area contributed by atoms with Gasteiger partial charge in [0.1, 0.15) is 5.60 Å². The molecule has 0 unspecified atom stereocenters. The fraction of sp³-hybridized carbons (Fsp3) is 0.526. The van der Waals surface area contributed by atoms with Crippen LogP contribution in [0.15, 0.2) is 24.3 Å². The molecule has 0 amide bonds. The van der Waals surface area contributed by atoms with Gasteiger partial charge in [0.15, 0.2) is 0 Å². The normalized spacial score (nSPS) is 26.1. The van der Waals surface area contributed by atoms with Crippen LogP contribution in [-0.4, -0.2) is 40.4 Å². The van der Waals surface area contributed by atoms with Gasteiger partial charge in [-0.05, 0) is 62.8 Å². The molecular formula is C19H21F3O4. The van der Waals surface area contributed by atoms with E-state index in [-0.39, 0.29) is 18.8 Å². The number of hydrogen-bond donors (Lipinski definition) is 2. The van der Waals surface area contributed by atoms with Crippen LogP contribution in [0.3, 0.4) is 0 Å². The largest absolute Gasteiger partial charge is 0.416 e. The average molecular weight is 370 g/mol. The summed E-state index contributed by atoms with van der Waals surface area (Å²) in [5.41, 5.74) is -2.58. The van der Waals surface area contributed by atoms with Gasteiger partial charge in [0, 0.05) is 5.56 Å².